The topological polar surface area (TPSA) is 67.9 Å². The van der Waals surface area contributed by atoms with Crippen LogP contribution in [0.25, 0.3) is 6.08 Å². The van der Waals surface area contributed by atoms with E-state index < -0.39 is 0 Å². The number of carbonyl (C=O) groups excluding carboxylic acids is 1. The number of piperidine rings is 1. The Morgan fingerprint density at radius 3 is 2.84 bits per heavy atom. The molecule has 1 amide bonds. The number of carbonyl (C=O) groups is 1. The molecule has 3 fully saturated rings. The molecule has 0 saturated carbocycles. The first-order valence-electron chi connectivity index (χ1n) is 11.2. The summed E-state index contributed by atoms with van der Waals surface area (Å²) in [4.78, 5) is 30.7. The normalized spacial score (nSPS) is 29.6. The Balaban J connectivity index is 1.20. The van der Waals surface area contributed by atoms with Gasteiger partial charge in [0.2, 0.25) is 0 Å². The van der Waals surface area contributed by atoms with Crippen molar-refractivity contribution in [3.05, 3.63) is 64.0 Å². The summed E-state index contributed by atoms with van der Waals surface area (Å²) in [6, 6.07) is 7.74. The van der Waals surface area contributed by atoms with Crippen LogP contribution in [0, 0.1) is 5.92 Å². The van der Waals surface area contributed by atoms with E-state index in [1.54, 1.807) is 12.3 Å². The number of nitrogens with zero attached hydrogens (tertiary/aromatic N) is 3. The highest BCUT2D eigenvalue weighted by molar-refractivity contribution is 5.94. The number of fused-ring (bicyclic) bond motifs is 6. The maximum Gasteiger partial charge on any atom is 0.263 e. The highest BCUT2D eigenvalue weighted by atomic mass is 16.5. The summed E-state index contributed by atoms with van der Waals surface area (Å²) in [5, 5.41) is 0. The smallest absolute Gasteiger partial charge is 0.263 e. The van der Waals surface area contributed by atoms with Crippen LogP contribution in [0.3, 0.4) is 0 Å². The van der Waals surface area contributed by atoms with Crippen LogP contribution < -0.4 is 5.56 Å². The molecule has 4 aliphatic heterocycles. The van der Waals surface area contributed by atoms with Crippen LogP contribution in [0.1, 0.15) is 40.6 Å². The lowest BCUT2D eigenvalue weighted by Gasteiger charge is -2.42. The molecule has 3 saturated heterocycles. The van der Waals surface area contributed by atoms with E-state index in [1.165, 1.54) is 0 Å². The molecule has 31 heavy (non-hydrogen) atoms. The Labute approximate surface area is 180 Å². The molecule has 0 spiro atoms. The summed E-state index contributed by atoms with van der Waals surface area (Å²) >= 11 is 0. The average molecular weight is 421 g/mol. The number of pyridine rings is 1. The van der Waals surface area contributed by atoms with Gasteiger partial charge in [-0.3, -0.25) is 14.5 Å². The van der Waals surface area contributed by atoms with Crippen molar-refractivity contribution in [2.24, 2.45) is 5.92 Å². The molecular weight excluding hydrogens is 394 g/mol. The SMILES string of the molecule is O=C(c1ccc2n(c1=O)C[C@H]1C[C@@H]2CN(C/C=C/c2ccco2)C1)N1C[C@@H]2C[C@H]1CO2. The van der Waals surface area contributed by atoms with Crippen LogP contribution in [0.4, 0.5) is 0 Å². The van der Waals surface area contributed by atoms with Gasteiger partial charge in [0.15, 0.2) is 0 Å². The first kappa shape index (κ1) is 19.1. The third-order valence-corrected chi connectivity index (χ3v) is 7.26. The van der Waals surface area contributed by atoms with Gasteiger partial charge in [-0.25, -0.2) is 0 Å². The van der Waals surface area contributed by atoms with E-state index in [-0.39, 0.29) is 23.6 Å². The molecule has 0 aromatic carbocycles. The largest absolute Gasteiger partial charge is 0.465 e. The lowest BCUT2D eigenvalue weighted by atomic mass is 9.83. The van der Waals surface area contributed by atoms with Crippen molar-refractivity contribution < 1.29 is 13.9 Å². The van der Waals surface area contributed by atoms with Gasteiger partial charge >= 0.3 is 0 Å². The van der Waals surface area contributed by atoms with Gasteiger partial charge in [-0.05, 0) is 49.1 Å². The van der Waals surface area contributed by atoms with Gasteiger partial charge in [0.25, 0.3) is 11.5 Å². The second kappa shape index (κ2) is 7.50. The summed E-state index contributed by atoms with van der Waals surface area (Å²) in [5.74, 6) is 1.50. The number of aromatic nitrogens is 1. The first-order chi connectivity index (χ1) is 15.2. The number of amides is 1. The lowest BCUT2D eigenvalue weighted by Crippen LogP contribution is -2.49. The molecule has 0 N–H and O–H groups in total. The number of rotatable bonds is 4. The Hall–Kier alpha value is -2.64. The molecule has 162 valence electrons. The zero-order valence-electron chi connectivity index (χ0n) is 17.5. The third-order valence-electron chi connectivity index (χ3n) is 7.26. The van der Waals surface area contributed by atoms with Crippen LogP contribution in [-0.4, -0.2) is 65.2 Å². The molecule has 7 heteroatoms. The molecule has 2 aromatic rings. The number of morpholine rings is 1. The summed E-state index contributed by atoms with van der Waals surface area (Å²) in [6.45, 7) is 4.66. The van der Waals surface area contributed by atoms with Crippen molar-refractivity contribution in [2.45, 2.75) is 37.5 Å². The van der Waals surface area contributed by atoms with Gasteiger partial charge in [0, 0.05) is 44.3 Å². The Kier molecular flexibility index (Phi) is 4.61. The molecule has 4 atom stereocenters. The van der Waals surface area contributed by atoms with Crippen LogP contribution in [0.15, 0.2) is 45.8 Å². The second-order valence-electron chi connectivity index (χ2n) is 9.32. The van der Waals surface area contributed by atoms with Crippen molar-refractivity contribution in [1.82, 2.24) is 14.4 Å². The zero-order valence-corrected chi connectivity index (χ0v) is 17.5. The van der Waals surface area contributed by atoms with Crippen LogP contribution in [-0.2, 0) is 11.3 Å². The fourth-order valence-corrected chi connectivity index (χ4v) is 5.86. The zero-order chi connectivity index (χ0) is 20.9. The standard InChI is InChI=1S/C24H27N3O4/c28-23(26-14-20-10-18(26)15-31-20)21-5-6-22-17-9-16(12-27(22)24(21)29)11-25(13-17)7-1-3-19-4-2-8-30-19/h1-6,8,16-18,20H,7,9-15H2/b3-1+/t16-,17+,18-,20-/m0/s1. The molecule has 4 aliphatic rings. The lowest BCUT2D eigenvalue weighted by molar-refractivity contribution is 0.0257. The molecule has 6 heterocycles. The average Bonchev–Trinajstić information content (AvgIpc) is 3.53. The van der Waals surface area contributed by atoms with Crippen molar-refractivity contribution >= 4 is 12.0 Å². The van der Waals surface area contributed by atoms with Crippen LogP contribution in [0.2, 0.25) is 0 Å². The van der Waals surface area contributed by atoms with E-state index in [9.17, 15) is 9.59 Å². The first-order valence-corrected chi connectivity index (χ1v) is 11.2. The molecule has 6 rings (SSSR count). The van der Waals surface area contributed by atoms with E-state index in [4.69, 9.17) is 9.15 Å². The van der Waals surface area contributed by atoms with E-state index in [2.05, 4.69) is 11.0 Å². The number of likely N-dealkylation sites (tertiary alicyclic amines) is 2. The second-order valence-corrected chi connectivity index (χ2v) is 9.32. The molecule has 0 unspecified atom stereocenters. The van der Waals surface area contributed by atoms with Crippen molar-refractivity contribution in [1.29, 1.82) is 0 Å². The number of hydrogen-bond donors (Lipinski definition) is 0. The maximum atomic E-state index is 13.3. The monoisotopic (exact) mass is 421 g/mol. The molecule has 0 aliphatic carbocycles. The Morgan fingerprint density at radius 2 is 2.06 bits per heavy atom. The maximum absolute atomic E-state index is 13.3. The van der Waals surface area contributed by atoms with Crippen molar-refractivity contribution in [2.75, 3.05) is 32.8 Å². The summed E-state index contributed by atoms with van der Waals surface area (Å²) in [7, 11) is 0. The summed E-state index contributed by atoms with van der Waals surface area (Å²) in [5.41, 5.74) is 1.27. The number of furan rings is 1. The Bertz CT molecular complexity index is 1070. The molecule has 4 bridgehead atoms. The fraction of sp³-hybridized carbons (Fsp3) is 0.500. The van der Waals surface area contributed by atoms with Gasteiger partial charge in [-0.1, -0.05) is 6.08 Å². The minimum Gasteiger partial charge on any atom is -0.465 e. The minimum atomic E-state index is -0.128. The van der Waals surface area contributed by atoms with Gasteiger partial charge < -0.3 is 18.6 Å². The quantitative estimate of drug-likeness (QED) is 0.757. The van der Waals surface area contributed by atoms with E-state index in [1.807, 2.05) is 33.7 Å². The summed E-state index contributed by atoms with van der Waals surface area (Å²) in [6.07, 6.45) is 7.98. The highest BCUT2D eigenvalue weighted by Crippen LogP contribution is 2.35. The van der Waals surface area contributed by atoms with Gasteiger partial charge in [0.1, 0.15) is 11.3 Å². The van der Waals surface area contributed by atoms with Crippen LogP contribution in [0.5, 0.6) is 0 Å². The predicted molar refractivity (Wildman–Crippen MR) is 115 cm³/mol. The predicted octanol–water partition coefficient (Wildman–Crippen LogP) is 2.19. The highest BCUT2D eigenvalue weighted by Gasteiger charge is 2.43. The van der Waals surface area contributed by atoms with Gasteiger partial charge in [-0.15, -0.1) is 0 Å². The number of ether oxygens (including phenoxy) is 1. The molecular formula is C24H27N3O4. The molecule has 0 radical (unpaired) electrons. The minimum absolute atomic E-state index is 0.118. The van der Waals surface area contributed by atoms with E-state index in [0.29, 0.717) is 37.1 Å². The van der Waals surface area contributed by atoms with Crippen molar-refractivity contribution in [3.8, 4) is 0 Å². The summed E-state index contributed by atoms with van der Waals surface area (Å²) < 4.78 is 12.8. The van der Waals surface area contributed by atoms with Crippen molar-refractivity contribution in [3.63, 3.8) is 0 Å². The van der Waals surface area contributed by atoms with Gasteiger partial charge in [0.05, 0.1) is 25.0 Å². The molecule has 7 nitrogen and oxygen atoms in total. The number of hydrogen-bond acceptors (Lipinski definition) is 5. The van der Waals surface area contributed by atoms with Crippen LogP contribution >= 0.6 is 0 Å². The van der Waals surface area contributed by atoms with E-state index in [0.717, 1.165) is 43.9 Å². The third kappa shape index (κ3) is 3.36. The van der Waals surface area contributed by atoms with E-state index >= 15 is 0 Å². The fourth-order valence-electron chi connectivity index (χ4n) is 5.86. The Morgan fingerprint density at radius 1 is 1.13 bits per heavy atom. The van der Waals surface area contributed by atoms with Gasteiger partial charge in [-0.2, -0.15) is 0 Å². The molecule has 2 aromatic heterocycles.